The van der Waals surface area contributed by atoms with Crippen LogP contribution in [0.5, 0.6) is 0 Å². The summed E-state index contributed by atoms with van der Waals surface area (Å²) in [6.07, 6.45) is -19.6. The van der Waals surface area contributed by atoms with Gasteiger partial charge in [-0.15, -0.1) is 0 Å². The molecule has 2 N–H and O–H groups in total. The molecule has 0 fully saturated rings. The van der Waals surface area contributed by atoms with Gasteiger partial charge < -0.3 is 10.2 Å². The fourth-order valence-corrected chi connectivity index (χ4v) is 2.77. The first-order chi connectivity index (χ1) is 13.5. The van der Waals surface area contributed by atoms with Crippen molar-refractivity contribution in [2.75, 3.05) is 0 Å². The predicted molar refractivity (Wildman–Crippen MR) is 88.1 cm³/mol. The average molecular weight is 446 g/mol. The largest absolute Gasteiger partial charge is 0.416 e. The summed E-state index contributed by atoms with van der Waals surface area (Å²) < 4.78 is 116. The molecule has 0 aliphatic heterocycles. The molecule has 0 heterocycles. The Morgan fingerprint density at radius 2 is 1.10 bits per heavy atom. The predicted octanol–water partition coefficient (Wildman–Crippen LogP) is 5.98. The van der Waals surface area contributed by atoms with E-state index in [1.807, 2.05) is 0 Å². The van der Waals surface area contributed by atoms with Crippen LogP contribution in [0, 0.1) is 5.92 Å². The minimum atomic E-state index is -5.03. The van der Waals surface area contributed by atoms with Crippen molar-refractivity contribution >= 4 is 0 Å². The molecule has 0 spiro atoms. The molecule has 166 valence electrons. The molecule has 0 aromatic heterocycles. The van der Waals surface area contributed by atoms with Crippen LogP contribution in [0.2, 0.25) is 0 Å². The van der Waals surface area contributed by atoms with Gasteiger partial charge in [-0.2, -0.15) is 39.5 Å². The lowest BCUT2D eigenvalue weighted by Crippen LogP contribution is -2.37. The average Bonchev–Trinajstić information content (AvgIpc) is 2.64. The lowest BCUT2D eigenvalue weighted by atomic mass is 9.91. The van der Waals surface area contributed by atoms with Crippen molar-refractivity contribution in [2.24, 2.45) is 5.92 Å². The lowest BCUT2D eigenvalue weighted by Gasteiger charge is -2.26. The van der Waals surface area contributed by atoms with Gasteiger partial charge in [0, 0.05) is 5.92 Å². The number of aliphatic hydroxyl groups excluding tert-OH is 2. The van der Waals surface area contributed by atoms with Gasteiger partial charge in [0.15, 0.2) is 6.10 Å². The van der Waals surface area contributed by atoms with E-state index in [1.54, 1.807) is 0 Å². The standard InChI is InChI=1S/C19H15F9O2/c1-9(16(30)19(26,27)28)15(29)11-4-2-10(3-5-11)12-6-13(17(20,21)22)8-14(7-12)18(23,24)25/h2-9,15-16,29-30H,1H3. The topological polar surface area (TPSA) is 40.5 Å². The highest BCUT2D eigenvalue weighted by atomic mass is 19.4. The van der Waals surface area contributed by atoms with Crippen LogP contribution in [-0.2, 0) is 12.4 Å². The van der Waals surface area contributed by atoms with E-state index < -0.39 is 53.3 Å². The van der Waals surface area contributed by atoms with E-state index >= 15 is 0 Å². The van der Waals surface area contributed by atoms with Crippen LogP contribution in [0.15, 0.2) is 42.5 Å². The van der Waals surface area contributed by atoms with Gasteiger partial charge in [-0.05, 0) is 34.9 Å². The Hall–Kier alpha value is -2.27. The van der Waals surface area contributed by atoms with Gasteiger partial charge in [0.05, 0.1) is 17.2 Å². The smallest absolute Gasteiger partial charge is 0.388 e. The molecule has 0 saturated carbocycles. The van der Waals surface area contributed by atoms with Crippen LogP contribution in [0.25, 0.3) is 11.1 Å². The van der Waals surface area contributed by atoms with Crippen molar-refractivity contribution in [1.82, 2.24) is 0 Å². The minimum absolute atomic E-state index is 0.0260. The summed E-state index contributed by atoms with van der Waals surface area (Å²) in [4.78, 5) is 0. The quantitative estimate of drug-likeness (QED) is 0.567. The molecule has 2 rings (SSSR count). The summed E-state index contributed by atoms with van der Waals surface area (Å²) in [5.74, 6) is -1.67. The number of aliphatic hydroxyl groups is 2. The Labute approximate surface area is 164 Å². The molecular formula is C19H15F9O2. The highest BCUT2D eigenvalue weighted by molar-refractivity contribution is 5.66. The molecule has 2 nitrogen and oxygen atoms in total. The summed E-state index contributed by atoms with van der Waals surface area (Å²) in [5, 5.41) is 19.3. The van der Waals surface area contributed by atoms with Crippen LogP contribution in [0.1, 0.15) is 29.7 Å². The van der Waals surface area contributed by atoms with Crippen LogP contribution in [-0.4, -0.2) is 22.5 Å². The molecule has 2 aromatic carbocycles. The van der Waals surface area contributed by atoms with E-state index in [2.05, 4.69) is 0 Å². The molecule has 0 amide bonds. The summed E-state index contributed by atoms with van der Waals surface area (Å²) in [6, 6.07) is 5.26. The van der Waals surface area contributed by atoms with E-state index in [1.165, 1.54) is 0 Å². The van der Waals surface area contributed by atoms with Gasteiger partial charge in [0.25, 0.3) is 0 Å². The lowest BCUT2D eigenvalue weighted by molar-refractivity contribution is -0.227. The second kappa shape index (κ2) is 8.10. The molecule has 0 saturated heterocycles. The second-order valence-corrected chi connectivity index (χ2v) is 6.71. The van der Waals surface area contributed by atoms with E-state index in [-0.39, 0.29) is 17.2 Å². The summed E-state index contributed by atoms with van der Waals surface area (Å²) in [7, 11) is 0. The number of rotatable bonds is 4. The van der Waals surface area contributed by atoms with Crippen LogP contribution in [0.3, 0.4) is 0 Å². The fourth-order valence-electron chi connectivity index (χ4n) is 2.77. The van der Waals surface area contributed by atoms with Crippen LogP contribution >= 0.6 is 0 Å². The Balaban J connectivity index is 2.41. The van der Waals surface area contributed by atoms with Gasteiger partial charge in [-0.1, -0.05) is 31.2 Å². The van der Waals surface area contributed by atoms with Gasteiger partial charge in [-0.25, -0.2) is 0 Å². The number of benzene rings is 2. The molecule has 0 aliphatic rings. The normalized spacial score (nSPS) is 16.3. The second-order valence-electron chi connectivity index (χ2n) is 6.71. The Bertz CT molecular complexity index is 835. The van der Waals surface area contributed by atoms with E-state index in [4.69, 9.17) is 0 Å². The molecule has 0 aliphatic carbocycles. The third kappa shape index (κ3) is 5.45. The SMILES string of the molecule is CC(C(O)c1ccc(-c2cc(C(F)(F)F)cc(C(F)(F)F)c2)cc1)C(O)C(F)(F)F. The number of hydrogen-bond donors (Lipinski definition) is 2. The summed E-state index contributed by atoms with van der Waals surface area (Å²) in [6.45, 7) is 0.944. The van der Waals surface area contributed by atoms with Crippen molar-refractivity contribution in [3.63, 3.8) is 0 Å². The highest BCUT2D eigenvalue weighted by Crippen LogP contribution is 2.39. The van der Waals surface area contributed by atoms with Crippen molar-refractivity contribution < 1.29 is 49.7 Å². The molecular weight excluding hydrogens is 431 g/mol. The van der Waals surface area contributed by atoms with Crippen molar-refractivity contribution in [2.45, 2.75) is 37.7 Å². The zero-order chi connectivity index (χ0) is 23.1. The highest BCUT2D eigenvalue weighted by Gasteiger charge is 2.44. The molecule has 0 bridgehead atoms. The Morgan fingerprint density at radius 3 is 1.47 bits per heavy atom. The number of hydrogen-bond acceptors (Lipinski definition) is 2. The third-order valence-corrected chi connectivity index (χ3v) is 4.50. The van der Waals surface area contributed by atoms with Crippen molar-refractivity contribution in [3.05, 3.63) is 59.2 Å². The third-order valence-electron chi connectivity index (χ3n) is 4.50. The molecule has 30 heavy (non-hydrogen) atoms. The molecule has 3 unspecified atom stereocenters. The maximum Gasteiger partial charge on any atom is 0.416 e. The maximum atomic E-state index is 13.0. The maximum absolute atomic E-state index is 13.0. The number of halogens is 9. The molecule has 2 aromatic rings. The van der Waals surface area contributed by atoms with E-state index in [9.17, 15) is 49.7 Å². The van der Waals surface area contributed by atoms with E-state index in [0.717, 1.165) is 31.2 Å². The zero-order valence-corrected chi connectivity index (χ0v) is 15.1. The van der Waals surface area contributed by atoms with Gasteiger partial charge in [0.2, 0.25) is 0 Å². The fraction of sp³-hybridized carbons (Fsp3) is 0.368. The first-order valence-corrected chi connectivity index (χ1v) is 8.34. The Kier molecular flexibility index (Phi) is 6.48. The van der Waals surface area contributed by atoms with Crippen molar-refractivity contribution in [1.29, 1.82) is 0 Å². The molecule has 3 atom stereocenters. The van der Waals surface area contributed by atoms with Crippen molar-refractivity contribution in [3.8, 4) is 11.1 Å². The van der Waals surface area contributed by atoms with E-state index in [0.29, 0.717) is 12.1 Å². The Morgan fingerprint density at radius 1 is 0.667 bits per heavy atom. The monoisotopic (exact) mass is 446 g/mol. The van der Waals surface area contributed by atoms with Gasteiger partial charge >= 0.3 is 18.5 Å². The molecule has 11 heteroatoms. The zero-order valence-electron chi connectivity index (χ0n) is 15.1. The molecule has 0 radical (unpaired) electrons. The van der Waals surface area contributed by atoms with Crippen LogP contribution < -0.4 is 0 Å². The van der Waals surface area contributed by atoms with Gasteiger partial charge in [0.1, 0.15) is 0 Å². The van der Waals surface area contributed by atoms with Gasteiger partial charge in [-0.3, -0.25) is 0 Å². The first kappa shape index (κ1) is 24.0. The van der Waals surface area contributed by atoms with Crippen LogP contribution in [0.4, 0.5) is 39.5 Å². The minimum Gasteiger partial charge on any atom is -0.388 e. The number of alkyl halides is 9. The first-order valence-electron chi connectivity index (χ1n) is 8.34. The summed E-state index contributed by atoms with van der Waals surface area (Å²) >= 11 is 0. The summed E-state index contributed by atoms with van der Waals surface area (Å²) in [5.41, 5.74) is -3.62.